The van der Waals surface area contributed by atoms with E-state index < -0.39 is 0 Å². The summed E-state index contributed by atoms with van der Waals surface area (Å²) in [6.07, 6.45) is 0. The maximum absolute atomic E-state index is 5.66. The first kappa shape index (κ1) is 6.82. The van der Waals surface area contributed by atoms with Crippen molar-refractivity contribution in [3.8, 4) is 0 Å². The molecular formula is C7H12N4. The van der Waals surface area contributed by atoms with Crippen molar-refractivity contribution in [3.63, 3.8) is 0 Å². The van der Waals surface area contributed by atoms with Gasteiger partial charge in [0.15, 0.2) is 0 Å². The second kappa shape index (κ2) is 2.32. The van der Waals surface area contributed by atoms with E-state index in [1.807, 2.05) is 6.92 Å². The Balaban J connectivity index is 2.34. The van der Waals surface area contributed by atoms with Gasteiger partial charge in [0, 0.05) is 13.1 Å². The zero-order valence-corrected chi connectivity index (χ0v) is 6.52. The molecule has 0 spiro atoms. The minimum Gasteiger partial charge on any atom is -0.343 e. The molecule has 1 aromatic rings. The molecule has 0 aliphatic carbocycles. The fraction of sp³-hybridized carbons (Fsp3) is 0.571. The van der Waals surface area contributed by atoms with Gasteiger partial charge >= 0.3 is 0 Å². The fourth-order valence-electron chi connectivity index (χ4n) is 1.28. The number of rotatable bonds is 1. The molecule has 4 N–H and O–H groups in total. The van der Waals surface area contributed by atoms with Crippen LogP contribution in [0.25, 0.3) is 0 Å². The Labute approximate surface area is 65.2 Å². The topological polar surface area (TPSA) is 66.7 Å². The van der Waals surface area contributed by atoms with Gasteiger partial charge in [0.1, 0.15) is 5.82 Å². The normalized spacial score (nSPS) is 18.4. The summed E-state index contributed by atoms with van der Waals surface area (Å²) in [6.45, 7) is 3.70. The third kappa shape index (κ3) is 1.04. The van der Waals surface area contributed by atoms with Crippen LogP contribution in [-0.2, 0) is 13.1 Å². The lowest BCUT2D eigenvalue weighted by atomic mass is 10.3. The van der Waals surface area contributed by atoms with Crippen molar-refractivity contribution < 1.29 is 0 Å². The zero-order valence-electron chi connectivity index (χ0n) is 6.52. The van der Waals surface area contributed by atoms with E-state index >= 15 is 0 Å². The van der Waals surface area contributed by atoms with Gasteiger partial charge in [-0.25, -0.2) is 4.98 Å². The molecule has 1 aromatic heterocycles. The number of aromatic amines is 1. The van der Waals surface area contributed by atoms with E-state index in [9.17, 15) is 0 Å². The standard InChI is InChI=1S/C7H12N4/c1-4(8)7-10-5-2-9-3-6(5)11-7/h4,9H,2-3,8H2,1H3,(H,10,11). The number of hydrogen-bond donors (Lipinski definition) is 3. The van der Waals surface area contributed by atoms with Crippen LogP contribution in [0.4, 0.5) is 0 Å². The SMILES string of the molecule is CC(N)c1nc2c([nH]1)CNC2. The summed E-state index contributed by atoms with van der Waals surface area (Å²) in [5, 5.41) is 3.20. The summed E-state index contributed by atoms with van der Waals surface area (Å²) in [5.74, 6) is 0.900. The number of H-pyrrole nitrogens is 1. The maximum atomic E-state index is 5.66. The Kier molecular flexibility index (Phi) is 1.44. The van der Waals surface area contributed by atoms with Gasteiger partial charge in [-0.3, -0.25) is 0 Å². The molecule has 0 radical (unpaired) electrons. The number of imidazole rings is 1. The second-order valence-corrected chi connectivity index (χ2v) is 2.94. The molecule has 0 amide bonds. The molecule has 0 aromatic carbocycles. The Hall–Kier alpha value is -0.870. The first-order valence-electron chi connectivity index (χ1n) is 3.81. The van der Waals surface area contributed by atoms with Crippen LogP contribution < -0.4 is 11.1 Å². The molecule has 0 fully saturated rings. The van der Waals surface area contributed by atoms with Crippen LogP contribution in [0.15, 0.2) is 0 Å². The number of aromatic nitrogens is 2. The van der Waals surface area contributed by atoms with Gasteiger partial charge in [-0.1, -0.05) is 0 Å². The van der Waals surface area contributed by atoms with Gasteiger partial charge in [-0.05, 0) is 6.92 Å². The molecule has 4 heteroatoms. The highest BCUT2D eigenvalue weighted by Crippen LogP contribution is 2.14. The highest BCUT2D eigenvalue weighted by atomic mass is 15.1. The van der Waals surface area contributed by atoms with Gasteiger partial charge in [-0.2, -0.15) is 0 Å². The molecule has 60 valence electrons. The van der Waals surface area contributed by atoms with Crippen molar-refractivity contribution >= 4 is 0 Å². The smallest absolute Gasteiger partial charge is 0.123 e. The molecule has 2 rings (SSSR count). The lowest BCUT2D eigenvalue weighted by Crippen LogP contribution is -2.09. The minimum atomic E-state index is 0.0144. The summed E-state index contributed by atoms with van der Waals surface area (Å²) in [6, 6.07) is 0.0144. The van der Waals surface area contributed by atoms with Crippen molar-refractivity contribution in [1.29, 1.82) is 0 Å². The molecular weight excluding hydrogens is 140 g/mol. The molecule has 1 unspecified atom stereocenters. The monoisotopic (exact) mass is 152 g/mol. The van der Waals surface area contributed by atoms with Crippen molar-refractivity contribution in [3.05, 3.63) is 17.2 Å². The summed E-state index contributed by atoms with van der Waals surface area (Å²) >= 11 is 0. The van der Waals surface area contributed by atoms with Crippen LogP contribution in [-0.4, -0.2) is 9.97 Å². The van der Waals surface area contributed by atoms with Crippen LogP contribution in [0, 0.1) is 0 Å². The third-order valence-corrected chi connectivity index (χ3v) is 1.91. The number of nitrogens with zero attached hydrogens (tertiary/aromatic N) is 1. The molecule has 11 heavy (non-hydrogen) atoms. The van der Waals surface area contributed by atoms with Gasteiger partial charge in [0.25, 0.3) is 0 Å². The molecule has 0 bridgehead atoms. The lowest BCUT2D eigenvalue weighted by Gasteiger charge is -1.98. The van der Waals surface area contributed by atoms with E-state index in [4.69, 9.17) is 5.73 Å². The van der Waals surface area contributed by atoms with Gasteiger partial charge in [0.2, 0.25) is 0 Å². The first-order valence-corrected chi connectivity index (χ1v) is 3.81. The summed E-state index contributed by atoms with van der Waals surface area (Å²) in [4.78, 5) is 7.54. The van der Waals surface area contributed by atoms with Crippen molar-refractivity contribution in [2.45, 2.75) is 26.1 Å². The average molecular weight is 152 g/mol. The Morgan fingerprint density at radius 2 is 2.36 bits per heavy atom. The lowest BCUT2D eigenvalue weighted by molar-refractivity contribution is 0.701. The van der Waals surface area contributed by atoms with Gasteiger partial charge in [0.05, 0.1) is 17.4 Å². The Morgan fingerprint density at radius 3 is 3.00 bits per heavy atom. The fourth-order valence-corrected chi connectivity index (χ4v) is 1.28. The van der Waals surface area contributed by atoms with E-state index in [1.54, 1.807) is 0 Å². The van der Waals surface area contributed by atoms with Crippen LogP contribution in [0.3, 0.4) is 0 Å². The molecule has 2 heterocycles. The van der Waals surface area contributed by atoms with Crippen LogP contribution >= 0.6 is 0 Å². The quantitative estimate of drug-likeness (QED) is 0.532. The van der Waals surface area contributed by atoms with Gasteiger partial charge in [-0.15, -0.1) is 0 Å². The number of nitrogens with one attached hydrogen (secondary N) is 2. The third-order valence-electron chi connectivity index (χ3n) is 1.91. The summed E-state index contributed by atoms with van der Waals surface area (Å²) < 4.78 is 0. The molecule has 0 saturated heterocycles. The van der Waals surface area contributed by atoms with Crippen LogP contribution in [0.1, 0.15) is 30.2 Å². The predicted octanol–water partition coefficient (Wildman–Crippen LogP) is 0.0326. The van der Waals surface area contributed by atoms with E-state index in [0.29, 0.717) is 0 Å². The predicted molar refractivity (Wildman–Crippen MR) is 41.7 cm³/mol. The zero-order chi connectivity index (χ0) is 7.84. The Bertz CT molecular complexity index is 242. The largest absolute Gasteiger partial charge is 0.343 e. The highest BCUT2D eigenvalue weighted by Gasteiger charge is 2.16. The average Bonchev–Trinajstić information content (AvgIpc) is 2.40. The molecule has 1 atom stereocenters. The number of nitrogens with two attached hydrogens (primary N) is 1. The van der Waals surface area contributed by atoms with Crippen LogP contribution in [0.2, 0.25) is 0 Å². The number of hydrogen-bond acceptors (Lipinski definition) is 3. The van der Waals surface area contributed by atoms with Gasteiger partial charge < -0.3 is 16.0 Å². The Morgan fingerprint density at radius 1 is 1.55 bits per heavy atom. The van der Waals surface area contributed by atoms with Crippen LogP contribution in [0.5, 0.6) is 0 Å². The van der Waals surface area contributed by atoms with E-state index in [0.717, 1.165) is 24.6 Å². The maximum Gasteiger partial charge on any atom is 0.123 e. The highest BCUT2D eigenvalue weighted by molar-refractivity contribution is 5.19. The first-order chi connectivity index (χ1) is 5.27. The minimum absolute atomic E-state index is 0.0144. The van der Waals surface area contributed by atoms with E-state index in [2.05, 4.69) is 15.3 Å². The molecule has 0 saturated carbocycles. The van der Waals surface area contributed by atoms with E-state index in [1.165, 1.54) is 5.69 Å². The van der Waals surface area contributed by atoms with E-state index in [-0.39, 0.29) is 6.04 Å². The summed E-state index contributed by atoms with van der Waals surface area (Å²) in [7, 11) is 0. The van der Waals surface area contributed by atoms with Crippen molar-refractivity contribution in [1.82, 2.24) is 15.3 Å². The second-order valence-electron chi connectivity index (χ2n) is 2.94. The number of fused-ring (bicyclic) bond motifs is 1. The molecule has 1 aliphatic rings. The van der Waals surface area contributed by atoms with Crippen molar-refractivity contribution in [2.24, 2.45) is 5.73 Å². The van der Waals surface area contributed by atoms with Crippen molar-refractivity contribution in [2.75, 3.05) is 0 Å². The molecule has 4 nitrogen and oxygen atoms in total. The summed E-state index contributed by atoms with van der Waals surface area (Å²) in [5.41, 5.74) is 7.98. The molecule has 1 aliphatic heterocycles.